The maximum absolute atomic E-state index is 11.1. The molecule has 0 unspecified atom stereocenters. The molecule has 1 amide bonds. The van der Waals surface area contributed by atoms with E-state index in [4.69, 9.17) is 10.6 Å². The van der Waals surface area contributed by atoms with Crippen LogP contribution in [-0.4, -0.2) is 36.1 Å². The Balaban J connectivity index is 2.73. The van der Waals surface area contributed by atoms with Gasteiger partial charge in [-0.3, -0.25) is 4.79 Å². The van der Waals surface area contributed by atoms with Gasteiger partial charge in [-0.2, -0.15) is 0 Å². The van der Waals surface area contributed by atoms with Crippen molar-refractivity contribution >= 4 is 17.5 Å². The Morgan fingerprint density at radius 1 is 1.44 bits per heavy atom. The molecule has 0 aliphatic rings. The Morgan fingerprint density at radius 2 is 2.17 bits per heavy atom. The van der Waals surface area contributed by atoms with Crippen LogP contribution in [0, 0.1) is 0 Å². The first-order valence-electron chi connectivity index (χ1n) is 5.56. The molecule has 1 rings (SSSR count). The monoisotopic (exact) mass is 254 g/mol. The maximum Gasteiger partial charge on any atom is 0.239 e. The zero-order valence-electron chi connectivity index (χ0n) is 10.5. The summed E-state index contributed by atoms with van der Waals surface area (Å²) < 4.78 is 5.22. The molecule has 1 aromatic heterocycles. The zero-order valence-corrected chi connectivity index (χ0v) is 10.5. The normalized spacial score (nSPS) is 9.94. The van der Waals surface area contributed by atoms with E-state index in [1.165, 1.54) is 0 Å². The second-order valence-electron chi connectivity index (χ2n) is 3.36. The molecule has 0 bridgehead atoms. The molecule has 18 heavy (non-hydrogen) atoms. The lowest BCUT2D eigenvalue weighted by molar-refractivity contribution is -0.118. The molecule has 0 aliphatic carbocycles. The van der Waals surface area contributed by atoms with Crippen LogP contribution in [0.4, 0.5) is 11.6 Å². The third-order valence-electron chi connectivity index (χ3n) is 2.06. The minimum Gasteiger partial charge on any atom is -0.374 e. The van der Waals surface area contributed by atoms with Gasteiger partial charge in [0.25, 0.3) is 0 Å². The van der Waals surface area contributed by atoms with Crippen molar-refractivity contribution in [1.82, 2.24) is 15.3 Å². The molecule has 0 aromatic carbocycles. The van der Waals surface area contributed by atoms with E-state index in [0.717, 1.165) is 0 Å². The molecule has 0 spiro atoms. The van der Waals surface area contributed by atoms with Gasteiger partial charge in [0.1, 0.15) is 18.2 Å². The van der Waals surface area contributed by atoms with Crippen LogP contribution in [0.15, 0.2) is 6.07 Å². The molecule has 0 fully saturated rings. The summed E-state index contributed by atoms with van der Waals surface area (Å²) in [5.74, 6) is 6.63. The molecular formula is C10H18N6O2. The van der Waals surface area contributed by atoms with Crippen LogP contribution < -0.4 is 21.9 Å². The summed E-state index contributed by atoms with van der Waals surface area (Å²) in [4.78, 5) is 19.4. The molecule has 8 heteroatoms. The minimum atomic E-state index is -0.137. The van der Waals surface area contributed by atoms with E-state index in [1.54, 1.807) is 13.1 Å². The molecular weight excluding hydrogens is 236 g/mol. The van der Waals surface area contributed by atoms with Crippen LogP contribution in [0.3, 0.4) is 0 Å². The average Bonchev–Trinajstić information content (AvgIpc) is 2.42. The first kappa shape index (κ1) is 14.1. The van der Waals surface area contributed by atoms with Crippen molar-refractivity contribution in [2.45, 2.75) is 13.5 Å². The molecule has 5 N–H and O–H groups in total. The molecule has 0 saturated carbocycles. The predicted molar refractivity (Wildman–Crippen MR) is 67.7 cm³/mol. The van der Waals surface area contributed by atoms with E-state index < -0.39 is 0 Å². The van der Waals surface area contributed by atoms with Gasteiger partial charge in [0.05, 0.1) is 6.54 Å². The summed E-state index contributed by atoms with van der Waals surface area (Å²) in [7, 11) is 1.57. The highest BCUT2D eigenvalue weighted by Crippen LogP contribution is 2.10. The quantitative estimate of drug-likeness (QED) is 0.381. The van der Waals surface area contributed by atoms with Crippen LogP contribution >= 0.6 is 0 Å². The first-order valence-corrected chi connectivity index (χ1v) is 5.56. The number of amides is 1. The Morgan fingerprint density at radius 3 is 2.78 bits per heavy atom. The molecule has 0 saturated heterocycles. The van der Waals surface area contributed by atoms with Crippen LogP contribution in [0.5, 0.6) is 0 Å². The summed E-state index contributed by atoms with van der Waals surface area (Å²) in [5.41, 5.74) is 2.44. The number of hydrogen-bond acceptors (Lipinski definition) is 7. The van der Waals surface area contributed by atoms with E-state index >= 15 is 0 Å². The van der Waals surface area contributed by atoms with Gasteiger partial charge in [-0.25, -0.2) is 15.8 Å². The number of anilines is 2. The number of rotatable bonds is 7. The second kappa shape index (κ2) is 7.41. The first-order chi connectivity index (χ1) is 8.69. The van der Waals surface area contributed by atoms with Crippen molar-refractivity contribution in [3.05, 3.63) is 11.9 Å². The summed E-state index contributed by atoms with van der Waals surface area (Å²) in [5, 5.41) is 5.38. The smallest absolute Gasteiger partial charge is 0.239 e. The summed E-state index contributed by atoms with van der Waals surface area (Å²) >= 11 is 0. The summed E-state index contributed by atoms with van der Waals surface area (Å²) in [6.07, 6.45) is 0. The maximum atomic E-state index is 11.1. The lowest BCUT2D eigenvalue weighted by Gasteiger charge is -2.09. The van der Waals surface area contributed by atoms with E-state index in [-0.39, 0.29) is 12.5 Å². The van der Waals surface area contributed by atoms with E-state index in [1.807, 2.05) is 6.92 Å². The number of carbonyl (C=O) groups is 1. The SMILES string of the molecule is CCOCc1nc(NN)cc(NCC(=O)NC)n1. The number of hydrogen-bond donors (Lipinski definition) is 4. The lowest BCUT2D eigenvalue weighted by Crippen LogP contribution is -2.26. The number of nitrogens with one attached hydrogen (secondary N) is 3. The van der Waals surface area contributed by atoms with Crippen molar-refractivity contribution in [3.63, 3.8) is 0 Å². The number of ether oxygens (including phenoxy) is 1. The van der Waals surface area contributed by atoms with Gasteiger partial charge >= 0.3 is 0 Å². The minimum absolute atomic E-state index is 0.131. The zero-order chi connectivity index (χ0) is 13.4. The van der Waals surface area contributed by atoms with Crippen LogP contribution in [0.1, 0.15) is 12.7 Å². The van der Waals surface area contributed by atoms with Gasteiger partial charge < -0.3 is 20.8 Å². The number of nitrogens with zero attached hydrogens (tertiary/aromatic N) is 2. The number of likely N-dealkylation sites (N-methyl/N-ethyl adjacent to an activating group) is 1. The third kappa shape index (κ3) is 4.52. The fourth-order valence-corrected chi connectivity index (χ4v) is 1.18. The van der Waals surface area contributed by atoms with Crippen molar-refractivity contribution in [2.75, 3.05) is 30.9 Å². The highest BCUT2D eigenvalue weighted by Gasteiger charge is 2.05. The number of nitrogen functional groups attached to an aromatic ring is 1. The molecule has 1 heterocycles. The Bertz CT molecular complexity index is 398. The number of aromatic nitrogens is 2. The Kier molecular flexibility index (Phi) is 5.81. The predicted octanol–water partition coefficient (Wildman–Crippen LogP) is -0.543. The fourth-order valence-electron chi connectivity index (χ4n) is 1.18. The van der Waals surface area contributed by atoms with Gasteiger partial charge in [0.15, 0.2) is 5.82 Å². The summed E-state index contributed by atoms with van der Waals surface area (Å²) in [6.45, 7) is 2.88. The summed E-state index contributed by atoms with van der Waals surface area (Å²) in [6, 6.07) is 1.61. The van der Waals surface area contributed by atoms with Gasteiger partial charge in [-0.1, -0.05) is 0 Å². The van der Waals surface area contributed by atoms with Gasteiger partial charge in [0, 0.05) is 19.7 Å². The van der Waals surface area contributed by atoms with Crippen molar-refractivity contribution < 1.29 is 9.53 Å². The standard InChI is InChI=1S/C10H18N6O2/c1-3-18-6-9-14-7(4-8(15-9)16-11)13-5-10(17)12-2/h4H,3,5-6,11H2,1-2H3,(H,12,17)(H2,13,14,15,16). The van der Waals surface area contributed by atoms with Crippen molar-refractivity contribution in [1.29, 1.82) is 0 Å². The van der Waals surface area contributed by atoms with E-state index in [2.05, 4.69) is 26.0 Å². The van der Waals surface area contributed by atoms with Gasteiger partial charge in [0.2, 0.25) is 5.91 Å². The van der Waals surface area contributed by atoms with E-state index in [9.17, 15) is 4.79 Å². The van der Waals surface area contributed by atoms with Gasteiger partial charge in [-0.05, 0) is 6.92 Å². The Labute approximate surface area is 105 Å². The molecule has 0 aliphatic heterocycles. The number of carbonyl (C=O) groups excluding carboxylic acids is 1. The fraction of sp³-hybridized carbons (Fsp3) is 0.500. The van der Waals surface area contributed by atoms with Crippen LogP contribution in [-0.2, 0) is 16.1 Å². The molecule has 100 valence electrons. The highest BCUT2D eigenvalue weighted by atomic mass is 16.5. The third-order valence-corrected chi connectivity index (χ3v) is 2.06. The van der Waals surface area contributed by atoms with Crippen LogP contribution in [0.2, 0.25) is 0 Å². The van der Waals surface area contributed by atoms with Gasteiger partial charge in [-0.15, -0.1) is 0 Å². The average molecular weight is 254 g/mol. The van der Waals surface area contributed by atoms with Crippen molar-refractivity contribution in [2.24, 2.45) is 5.84 Å². The molecule has 8 nitrogen and oxygen atoms in total. The highest BCUT2D eigenvalue weighted by molar-refractivity contribution is 5.80. The Hall–Kier alpha value is -1.93. The molecule has 1 aromatic rings. The number of hydrazine groups is 1. The van der Waals surface area contributed by atoms with E-state index in [0.29, 0.717) is 30.7 Å². The molecule has 0 radical (unpaired) electrons. The molecule has 0 atom stereocenters. The largest absolute Gasteiger partial charge is 0.374 e. The topological polar surface area (TPSA) is 114 Å². The van der Waals surface area contributed by atoms with Crippen molar-refractivity contribution in [3.8, 4) is 0 Å². The second-order valence-corrected chi connectivity index (χ2v) is 3.36. The number of nitrogens with two attached hydrogens (primary N) is 1. The lowest BCUT2D eigenvalue weighted by atomic mass is 10.4. The van der Waals surface area contributed by atoms with Crippen LogP contribution in [0.25, 0.3) is 0 Å².